The Bertz CT molecular complexity index is 1600. The number of hydrogen-bond donors (Lipinski definition) is 0. The van der Waals surface area contributed by atoms with Crippen molar-refractivity contribution in [2.24, 2.45) is 0 Å². The lowest BCUT2D eigenvalue weighted by Gasteiger charge is -2.36. The third-order valence-electron chi connectivity index (χ3n) is 8.16. The molecule has 1 fully saturated rings. The Kier molecular flexibility index (Phi) is 9.29. The summed E-state index contributed by atoms with van der Waals surface area (Å²) in [5.41, 5.74) is 2.47. The maximum Gasteiger partial charge on any atom is 0.416 e. The molecule has 0 amide bonds. The maximum absolute atomic E-state index is 12.7. The van der Waals surface area contributed by atoms with Crippen LogP contribution in [0.5, 0.6) is 17.5 Å². The molecule has 1 saturated heterocycles. The van der Waals surface area contributed by atoms with Crippen LogP contribution >= 0.6 is 0 Å². The van der Waals surface area contributed by atoms with E-state index in [0.29, 0.717) is 32.6 Å². The van der Waals surface area contributed by atoms with Crippen molar-refractivity contribution in [3.05, 3.63) is 106 Å². The summed E-state index contributed by atoms with van der Waals surface area (Å²) in [4.78, 5) is 19.1. The molecular weight excluding hydrogens is 603 g/mol. The number of alkyl halides is 3. The van der Waals surface area contributed by atoms with Crippen molar-refractivity contribution < 1.29 is 32.3 Å². The zero-order chi connectivity index (χ0) is 32.1. The second kappa shape index (κ2) is 13.7. The molecule has 0 N–H and O–H groups in total. The summed E-state index contributed by atoms with van der Waals surface area (Å²) in [6, 6.07) is 21.4. The molecule has 10 nitrogen and oxygen atoms in total. The number of imidazole rings is 1. The molecule has 4 aromatic rings. The Morgan fingerprint density at radius 2 is 1.52 bits per heavy atom. The standard InChI is InChI=1S/C33H34F3N5O5/c34-33(35,36)26-5-1-24(2-6-26)14-20-44-28-9-3-25(4-10-28)21-38-16-18-39(19-17-38)27-7-11-29(12-8-27)45-23-30-13-15-40-22-31(41(42)43)37-32(40)46-30/h1-12,22,30H,13-21,23H2/t30-/m0/s1. The van der Waals surface area contributed by atoms with Gasteiger partial charge in [-0.1, -0.05) is 24.3 Å². The predicted octanol–water partition coefficient (Wildman–Crippen LogP) is 5.98. The van der Waals surface area contributed by atoms with E-state index in [0.717, 1.165) is 67.6 Å². The molecule has 0 unspecified atom stereocenters. The second-order valence-electron chi connectivity index (χ2n) is 11.4. The van der Waals surface area contributed by atoms with Crippen LogP contribution in [0.4, 0.5) is 24.7 Å². The van der Waals surface area contributed by atoms with E-state index in [1.807, 2.05) is 24.3 Å². The molecule has 1 atom stereocenters. The second-order valence-corrected chi connectivity index (χ2v) is 11.4. The van der Waals surface area contributed by atoms with Crippen LogP contribution in [0, 0.1) is 10.1 Å². The number of ether oxygens (including phenoxy) is 3. The number of nitrogens with zero attached hydrogens (tertiary/aromatic N) is 5. The zero-order valence-electron chi connectivity index (χ0n) is 25.1. The van der Waals surface area contributed by atoms with Crippen LogP contribution in [0.2, 0.25) is 0 Å². The monoisotopic (exact) mass is 637 g/mol. The first-order chi connectivity index (χ1) is 22.2. The van der Waals surface area contributed by atoms with E-state index in [9.17, 15) is 23.3 Å². The van der Waals surface area contributed by atoms with Gasteiger partial charge in [0.25, 0.3) is 0 Å². The summed E-state index contributed by atoms with van der Waals surface area (Å²) in [6.07, 6.45) is -1.97. The van der Waals surface area contributed by atoms with Crippen LogP contribution in [-0.4, -0.2) is 64.9 Å². The molecule has 13 heteroatoms. The van der Waals surface area contributed by atoms with Crippen molar-refractivity contribution in [1.82, 2.24) is 14.5 Å². The van der Waals surface area contributed by atoms with E-state index >= 15 is 0 Å². The lowest BCUT2D eigenvalue weighted by Crippen LogP contribution is -2.45. The summed E-state index contributed by atoms with van der Waals surface area (Å²) >= 11 is 0. The first-order valence-corrected chi connectivity index (χ1v) is 15.2. The average Bonchev–Trinajstić information content (AvgIpc) is 3.49. The Hall–Kier alpha value is -4.78. The number of halogens is 3. The van der Waals surface area contributed by atoms with Crippen molar-refractivity contribution in [3.8, 4) is 17.5 Å². The van der Waals surface area contributed by atoms with Crippen molar-refractivity contribution in [2.45, 2.75) is 38.2 Å². The Labute approximate surface area is 264 Å². The van der Waals surface area contributed by atoms with E-state index in [4.69, 9.17) is 14.2 Å². The maximum atomic E-state index is 12.7. The quantitative estimate of drug-likeness (QED) is 0.146. The van der Waals surface area contributed by atoms with Gasteiger partial charge in [0.05, 0.1) is 12.2 Å². The lowest BCUT2D eigenvalue weighted by molar-refractivity contribution is -0.389. The number of benzene rings is 3. The smallest absolute Gasteiger partial charge is 0.416 e. The minimum Gasteiger partial charge on any atom is -0.493 e. The number of nitro groups is 1. The highest BCUT2D eigenvalue weighted by atomic mass is 19.4. The van der Waals surface area contributed by atoms with Crippen LogP contribution < -0.4 is 19.1 Å². The molecule has 1 aromatic heterocycles. The number of fused-ring (bicyclic) bond motifs is 1. The summed E-state index contributed by atoms with van der Waals surface area (Å²) in [6.45, 7) is 5.80. The molecule has 2 aliphatic heterocycles. The van der Waals surface area contributed by atoms with Crippen LogP contribution in [0.1, 0.15) is 23.1 Å². The van der Waals surface area contributed by atoms with Gasteiger partial charge in [0.15, 0.2) is 0 Å². The molecular formula is C33H34F3N5O5. The predicted molar refractivity (Wildman–Crippen MR) is 164 cm³/mol. The average molecular weight is 638 g/mol. The number of aryl methyl sites for hydroxylation is 1. The number of rotatable bonds is 11. The summed E-state index contributed by atoms with van der Waals surface area (Å²) in [7, 11) is 0. The van der Waals surface area contributed by atoms with Gasteiger partial charge in [0.2, 0.25) is 0 Å². The van der Waals surface area contributed by atoms with Crippen molar-refractivity contribution in [3.63, 3.8) is 0 Å². The first-order valence-electron chi connectivity index (χ1n) is 15.2. The molecule has 242 valence electrons. The third-order valence-corrected chi connectivity index (χ3v) is 8.16. The van der Waals surface area contributed by atoms with Gasteiger partial charge in [-0.2, -0.15) is 13.2 Å². The highest BCUT2D eigenvalue weighted by Crippen LogP contribution is 2.29. The third kappa shape index (κ3) is 7.89. The molecule has 0 spiro atoms. The van der Waals surface area contributed by atoms with Gasteiger partial charge in [-0.3, -0.25) is 9.47 Å². The van der Waals surface area contributed by atoms with Crippen LogP contribution in [0.3, 0.4) is 0 Å². The van der Waals surface area contributed by atoms with Gasteiger partial charge in [0, 0.05) is 62.8 Å². The highest BCUT2D eigenvalue weighted by molar-refractivity contribution is 5.49. The minimum absolute atomic E-state index is 0.218. The fourth-order valence-electron chi connectivity index (χ4n) is 5.54. The Morgan fingerprint density at radius 1 is 0.870 bits per heavy atom. The minimum atomic E-state index is -4.33. The number of hydrogen-bond acceptors (Lipinski definition) is 8. The van der Waals surface area contributed by atoms with Gasteiger partial charge >= 0.3 is 18.0 Å². The Balaban J connectivity index is 0.896. The zero-order valence-corrected chi connectivity index (χ0v) is 25.1. The Morgan fingerprint density at radius 3 is 2.20 bits per heavy atom. The molecule has 2 aliphatic rings. The van der Waals surface area contributed by atoms with E-state index in [1.54, 1.807) is 4.57 Å². The fraction of sp³-hybridized carbons (Fsp3) is 0.364. The van der Waals surface area contributed by atoms with E-state index in [1.165, 1.54) is 23.9 Å². The topological polar surface area (TPSA) is 95.1 Å². The van der Waals surface area contributed by atoms with Gasteiger partial charge < -0.3 is 29.2 Å². The lowest BCUT2D eigenvalue weighted by atomic mass is 10.1. The van der Waals surface area contributed by atoms with E-state index < -0.39 is 16.7 Å². The van der Waals surface area contributed by atoms with Crippen molar-refractivity contribution >= 4 is 11.5 Å². The van der Waals surface area contributed by atoms with Gasteiger partial charge in [-0.05, 0) is 64.6 Å². The normalized spacial score (nSPS) is 16.8. The summed E-state index contributed by atoms with van der Waals surface area (Å²) in [5, 5.41) is 11.0. The molecule has 3 aromatic carbocycles. The molecule has 6 rings (SSSR count). The molecule has 0 saturated carbocycles. The molecule has 46 heavy (non-hydrogen) atoms. The SMILES string of the molecule is O=[N+]([O-])c1cn2c(n1)O[C@H](COc1ccc(N3CCN(Cc4ccc(OCCc5ccc(C(F)(F)F)cc5)cc4)CC3)cc1)CC2. The summed E-state index contributed by atoms with van der Waals surface area (Å²) in [5.74, 6) is 1.25. The number of anilines is 1. The van der Waals surface area contributed by atoms with Crippen LogP contribution in [-0.2, 0) is 25.7 Å². The number of piperazine rings is 1. The van der Waals surface area contributed by atoms with Gasteiger partial charge in [-0.15, -0.1) is 0 Å². The fourth-order valence-corrected chi connectivity index (χ4v) is 5.54. The first kappa shape index (κ1) is 31.2. The van der Waals surface area contributed by atoms with Crippen LogP contribution in [0.25, 0.3) is 0 Å². The molecule has 3 heterocycles. The number of aromatic nitrogens is 2. The van der Waals surface area contributed by atoms with Crippen LogP contribution in [0.15, 0.2) is 79.0 Å². The highest BCUT2D eigenvalue weighted by Gasteiger charge is 2.30. The van der Waals surface area contributed by atoms with E-state index in [-0.39, 0.29) is 17.9 Å². The molecule has 0 bridgehead atoms. The van der Waals surface area contributed by atoms with Crippen molar-refractivity contribution in [2.75, 3.05) is 44.3 Å². The molecule has 0 radical (unpaired) electrons. The largest absolute Gasteiger partial charge is 0.493 e. The summed E-state index contributed by atoms with van der Waals surface area (Å²) < 4.78 is 57.4. The van der Waals surface area contributed by atoms with E-state index in [2.05, 4.69) is 39.0 Å². The van der Waals surface area contributed by atoms with Crippen molar-refractivity contribution in [1.29, 1.82) is 0 Å². The van der Waals surface area contributed by atoms with Gasteiger partial charge in [-0.25, -0.2) is 0 Å². The van der Waals surface area contributed by atoms with Gasteiger partial charge in [0.1, 0.15) is 30.4 Å². The molecule has 0 aliphatic carbocycles.